The van der Waals surface area contributed by atoms with Crippen molar-refractivity contribution in [1.29, 1.82) is 0 Å². The van der Waals surface area contributed by atoms with E-state index in [9.17, 15) is 15.3 Å². The molecule has 7 nitrogen and oxygen atoms in total. The minimum absolute atomic E-state index is 0.192. The van der Waals surface area contributed by atoms with Crippen molar-refractivity contribution in [3.8, 4) is 0 Å². The average Bonchev–Trinajstić information content (AvgIpc) is 3.17. The summed E-state index contributed by atoms with van der Waals surface area (Å²) in [6.07, 6.45) is 9.14. The average molecular weight is 409 g/mol. The monoisotopic (exact) mass is 408 g/mol. The lowest BCUT2D eigenvalue weighted by Crippen LogP contribution is -3.20. The normalized spacial score (nSPS) is 53.2. The first-order chi connectivity index (χ1) is 13.7. The topological polar surface area (TPSA) is 89.1 Å². The number of fused-ring (bicyclic) bond motifs is 5. The number of rotatable bonds is 2. The molecule has 7 heteroatoms. The van der Waals surface area contributed by atoms with E-state index in [0.717, 1.165) is 44.9 Å². The lowest BCUT2D eigenvalue weighted by atomic mass is 9.46. The van der Waals surface area contributed by atoms with E-state index in [4.69, 9.17) is 9.57 Å². The molecule has 4 saturated carbocycles. The van der Waals surface area contributed by atoms with E-state index in [0.29, 0.717) is 41.3 Å². The lowest BCUT2D eigenvalue weighted by Gasteiger charge is -2.61. The number of hydroxylamine groups is 2. The van der Waals surface area contributed by atoms with Crippen molar-refractivity contribution < 1.29 is 19.7 Å². The van der Waals surface area contributed by atoms with Crippen LogP contribution < -0.4 is 5.06 Å². The Bertz CT molecular complexity index is 686. The minimum atomic E-state index is -0.585. The Morgan fingerprint density at radius 2 is 1.72 bits per heavy atom. The van der Waals surface area contributed by atoms with Crippen molar-refractivity contribution in [2.75, 3.05) is 6.61 Å². The Morgan fingerprint density at radius 3 is 2.41 bits per heavy atom. The summed E-state index contributed by atoms with van der Waals surface area (Å²) in [5.41, 5.74) is -0.605. The Balaban J connectivity index is 1.34. The highest BCUT2D eigenvalue weighted by Crippen LogP contribution is 2.64. The van der Waals surface area contributed by atoms with E-state index >= 15 is 0 Å². The smallest absolute Gasteiger partial charge is 0.294 e. The first-order valence-corrected chi connectivity index (χ1v) is 11.7. The van der Waals surface area contributed by atoms with Crippen LogP contribution in [0.5, 0.6) is 0 Å². The first kappa shape index (κ1) is 20.0. The van der Waals surface area contributed by atoms with Gasteiger partial charge < -0.3 is 19.8 Å². The third-order valence-electron chi connectivity index (χ3n) is 9.92. The first-order valence-electron chi connectivity index (χ1n) is 11.7. The highest BCUT2D eigenvalue weighted by atomic mass is 17.0. The number of ether oxygens (including phenoxy) is 1. The Morgan fingerprint density at radius 1 is 1.00 bits per heavy atom. The van der Waals surface area contributed by atoms with Crippen molar-refractivity contribution in [1.82, 2.24) is 0 Å². The second kappa shape index (κ2) is 6.54. The van der Waals surface area contributed by atoms with Crippen LogP contribution >= 0.6 is 0 Å². The lowest BCUT2D eigenvalue weighted by molar-refractivity contribution is -0.952. The van der Waals surface area contributed by atoms with Gasteiger partial charge in [-0.1, -0.05) is 6.92 Å². The highest BCUT2D eigenvalue weighted by molar-refractivity contribution is 5.07. The number of nitrogens with zero attached hydrogens (tertiary/aromatic N) is 1. The Hall–Kier alpha value is -0.920. The van der Waals surface area contributed by atoms with Crippen molar-refractivity contribution >= 4 is 0 Å². The van der Waals surface area contributed by atoms with Gasteiger partial charge in [0.15, 0.2) is 0 Å². The van der Waals surface area contributed by atoms with Crippen LogP contribution in [-0.2, 0) is 9.57 Å². The largest absolute Gasteiger partial charge is 0.632 e. The van der Waals surface area contributed by atoms with Crippen molar-refractivity contribution in [2.45, 2.75) is 95.9 Å². The van der Waals surface area contributed by atoms with Gasteiger partial charge in [0.2, 0.25) is 5.72 Å². The third kappa shape index (κ3) is 2.87. The molecule has 0 aromatic heterocycles. The summed E-state index contributed by atoms with van der Waals surface area (Å²) in [5, 5.41) is 23.8. The summed E-state index contributed by atoms with van der Waals surface area (Å²) in [5.74, 6) is 2.84. The molecule has 1 heterocycles. The summed E-state index contributed by atoms with van der Waals surface area (Å²) in [6.45, 7) is 7.09. The maximum atomic E-state index is 13.1. The van der Waals surface area contributed by atoms with Gasteiger partial charge >= 0.3 is 0 Å². The fourth-order valence-corrected chi connectivity index (χ4v) is 8.48. The number of hydrogen-bond acceptors (Lipinski definition) is 5. The maximum Gasteiger partial charge on any atom is 0.294 e. The molecule has 0 radical (unpaired) electrons. The molecule has 0 bridgehead atoms. The van der Waals surface area contributed by atoms with Gasteiger partial charge in [-0.15, -0.1) is 10.1 Å². The van der Waals surface area contributed by atoms with Crippen LogP contribution in [0.4, 0.5) is 0 Å². The van der Waals surface area contributed by atoms with E-state index in [1.807, 2.05) is 13.8 Å². The summed E-state index contributed by atoms with van der Waals surface area (Å²) in [6, 6.07) is 0. The second-order valence-corrected chi connectivity index (χ2v) is 11.6. The van der Waals surface area contributed by atoms with Gasteiger partial charge in [-0.25, -0.2) is 0 Å². The molecule has 29 heavy (non-hydrogen) atoms. The van der Waals surface area contributed by atoms with Gasteiger partial charge in [-0.3, -0.25) is 0 Å². The van der Waals surface area contributed by atoms with Gasteiger partial charge in [-0.05, 0) is 93.8 Å². The molecule has 0 aromatic rings. The van der Waals surface area contributed by atoms with Crippen LogP contribution in [0.1, 0.15) is 78.6 Å². The van der Waals surface area contributed by atoms with Crippen LogP contribution in [0.3, 0.4) is 0 Å². The van der Waals surface area contributed by atoms with E-state index < -0.39 is 10.8 Å². The van der Waals surface area contributed by atoms with E-state index in [1.54, 1.807) is 0 Å². The van der Waals surface area contributed by atoms with Crippen molar-refractivity contribution in [2.24, 2.45) is 35.0 Å². The summed E-state index contributed by atoms with van der Waals surface area (Å²) in [7, 11) is 0. The zero-order valence-corrected chi connectivity index (χ0v) is 18.0. The van der Waals surface area contributed by atoms with Crippen LogP contribution in [0, 0.1) is 50.3 Å². The van der Waals surface area contributed by atoms with Crippen LogP contribution in [-0.4, -0.2) is 29.1 Å². The molecule has 1 aliphatic heterocycles. The van der Waals surface area contributed by atoms with E-state index in [-0.39, 0.29) is 17.1 Å². The van der Waals surface area contributed by atoms with Gasteiger partial charge in [0.05, 0.1) is 0 Å². The van der Waals surface area contributed by atoms with Crippen LogP contribution in [0.2, 0.25) is 0 Å². The minimum Gasteiger partial charge on any atom is -0.632 e. The molecule has 4 aliphatic carbocycles. The van der Waals surface area contributed by atoms with Gasteiger partial charge in [0, 0.05) is 12.8 Å². The molecular formula is C22H36N2O5. The standard InChI is InChI=1S/C22H36N2O5/c1-20(2)13-28-22(23(20)25)11-10-21(3)14(12-22)4-5-16-15-7-9-19(29-24(26)27)17(15)6-8-18(16)21/h14-19,23H,4-13H2,1-3H3/t14?,15?,16?,17?,18?,19-,21-,22?/m0/s1. The fraction of sp³-hybridized carbons (Fsp3) is 1.00. The Labute approximate surface area is 173 Å². The zero-order chi connectivity index (χ0) is 20.6. The molecule has 164 valence electrons. The molecule has 7 unspecified atom stereocenters. The predicted octanol–water partition coefficient (Wildman–Crippen LogP) is 3.10. The number of hydrogen-bond donors (Lipinski definition) is 1. The maximum absolute atomic E-state index is 13.1. The molecule has 5 aliphatic rings. The molecule has 1 N–H and O–H groups in total. The second-order valence-electron chi connectivity index (χ2n) is 11.6. The van der Waals surface area contributed by atoms with Crippen LogP contribution in [0.25, 0.3) is 0 Å². The zero-order valence-electron chi connectivity index (χ0n) is 18.0. The SMILES string of the molecule is CC1(C)COC2(CC[C@@]3(C)C(CCC4C5CC[C@H](O[N+](=O)[O-])C5CCC43)C2)[NH+]1[O-]. The Kier molecular flexibility index (Phi) is 4.51. The molecule has 5 fully saturated rings. The van der Waals surface area contributed by atoms with Crippen molar-refractivity contribution in [3.05, 3.63) is 15.3 Å². The summed E-state index contributed by atoms with van der Waals surface area (Å²) >= 11 is 0. The number of quaternary nitrogens is 1. The summed E-state index contributed by atoms with van der Waals surface area (Å²) in [4.78, 5) is 15.9. The van der Waals surface area contributed by atoms with Gasteiger partial charge in [-0.2, -0.15) is 0 Å². The molecule has 0 amide bonds. The highest BCUT2D eigenvalue weighted by Gasteiger charge is 2.63. The van der Waals surface area contributed by atoms with E-state index in [1.165, 1.54) is 12.8 Å². The van der Waals surface area contributed by atoms with E-state index in [2.05, 4.69) is 6.92 Å². The summed E-state index contributed by atoms with van der Waals surface area (Å²) < 4.78 is 6.23. The molecule has 9 atom stereocenters. The van der Waals surface area contributed by atoms with Gasteiger partial charge in [0.1, 0.15) is 18.2 Å². The quantitative estimate of drug-likeness (QED) is 0.431. The predicted molar refractivity (Wildman–Crippen MR) is 106 cm³/mol. The molecule has 0 aromatic carbocycles. The molecule has 5 rings (SSSR count). The molecule has 1 spiro atoms. The van der Waals surface area contributed by atoms with Crippen molar-refractivity contribution in [3.63, 3.8) is 0 Å². The van der Waals surface area contributed by atoms with Crippen LogP contribution in [0.15, 0.2) is 0 Å². The fourth-order valence-electron chi connectivity index (χ4n) is 8.48. The molecule has 1 saturated heterocycles. The third-order valence-corrected chi connectivity index (χ3v) is 9.92. The number of nitrogens with one attached hydrogen (secondary N) is 1. The molecular weight excluding hydrogens is 372 g/mol. The van der Waals surface area contributed by atoms with Gasteiger partial charge in [0.25, 0.3) is 5.09 Å².